The molecule has 0 aromatic heterocycles. The van der Waals surface area contributed by atoms with E-state index in [0.29, 0.717) is 12.2 Å². The van der Waals surface area contributed by atoms with Crippen molar-refractivity contribution in [2.45, 2.75) is 45.1 Å². The van der Waals surface area contributed by atoms with Gasteiger partial charge in [-0.3, -0.25) is 9.59 Å². The standard InChI is InChI=1S/C18H22N2O4/c1-11-6-7-12(18(23)24)8-15(11)19-17(22)13-9-16(21)20(10-13)14-4-2-3-5-14/h6-8,13-14H,2-5,9-10H2,1H3,(H,19,22)(H,23,24). The average molecular weight is 330 g/mol. The third-order valence-corrected chi connectivity index (χ3v) is 5.04. The predicted molar refractivity (Wildman–Crippen MR) is 88.8 cm³/mol. The van der Waals surface area contributed by atoms with Crippen molar-refractivity contribution in [1.29, 1.82) is 0 Å². The molecule has 2 N–H and O–H groups in total. The number of nitrogens with one attached hydrogen (secondary N) is 1. The van der Waals surface area contributed by atoms with Crippen molar-refractivity contribution < 1.29 is 19.5 Å². The predicted octanol–water partition coefficient (Wildman–Crippen LogP) is 2.42. The van der Waals surface area contributed by atoms with E-state index in [-0.39, 0.29) is 35.8 Å². The Morgan fingerprint density at radius 2 is 1.96 bits per heavy atom. The molecule has 1 aliphatic heterocycles. The maximum atomic E-state index is 12.5. The second kappa shape index (κ2) is 6.63. The maximum Gasteiger partial charge on any atom is 0.335 e. The molecule has 1 heterocycles. The van der Waals surface area contributed by atoms with Gasteiger partial charge in [-0.05, 0) is 37.5 Å². The van der Waals surface area contributed by atoms with Gasteiger partial charge in [0.25, 0.3) is 0 Å². The van der Waals surface area contributed by atoms with Gasteiger partial charge in [-0.2, -0.15) is 0 Å². The number of hydrogen-bond acceptors (Lipinski definition) is 3. The lowest BCUT2D eigenvalue weighted by molar-refractivity contribution is -0.129. The lowest BCUT2D eigenvalue weighted by Gasteiger charge is -2.24. The molecule has 1 saturated carbocycles. The number of rotatable bonds is 4. The normalized spacial score (nSPS) is 21.3. The molecule has 0 bridgehead atoms. The van der Waals surface area contributed by atoms with Gasteiger partial charge in [0.1, 0.15) is 0 Å². The number of carbonyl (C=O) groups is 3. The van der Waals surface area contributed by atoms with Gasteiger partial charge in [-0.1, -0.05) is 18.9 Å². The molecule has 128 valence electrons. The summed E-state index contributed by atoms with van der Waals surface area (Å²) in [6.45, 7) is 2.28. The minimum Gasteiger partial charge on any atom is -0.478 e. The van der Waals surface area contributed by atoms with E-state index in [2.05, 4.69) is 5.32 Å². The van der Waals surface area contributed by atoms with Crippen LogP contribution >= 0.6 is 0 Å². The summed E-state index contributed by atoms with van der Waals surface area (Å²) in [7, 11) is 0. The second-order valence-corrected chi connectivity index (χ2v) is 6.71. The Morgan fingerprint density at radius 3 is 2.62 bits per heavy atom. The molecule has 0 spiro atoms. The molecule has 1 aromatic carbocycles. The first kappa shape index (κ1) is 16.5. The Kier molecular flexibility index (Phi) is 4.55. The topological polar surface area (TPSA) is 86.7 Å². The van der Waals surface area contributed by atoms with E-state index in [4.69, 9.17) is 5.11 Å². The molecule has 24 heavy (non-hydrogen) atoms. The van der Waals surface area contributed by atoms with Crippen LogP contribution < -0.4 is 5.32 Å². The van der Waals surface area contributed by atoms with Crippen molar-refractivity contribution in [3.63, 3.8) is 0 Å². The van der Waals surface area contributed by atoms with Crippen LogP contribution in [0.4, 0.5) is 5.69 Å². The monoisotopic (exact) mass is 330 g/mol. The Balaban J connectivity index is 1.68. The van der Waals surface area contributed by atoms with E-state index in [0.717, 1.165) is 31.2 Å². The first-order chi connectivity index (χ1) is 11.5. The minimum absolute atomic E-state index is 0.0538. The van der Waals surface area contributed by atoms with Gasteiger partial charge < -0.3 is 15.3 Å². The molecule has 1 unspecified atom stereocenters. The maximum absolute atomic E-state index is 12.5. The van der Waals surface area contributed by atoms with Crippen LogP contribution in [-0.2, 0) is 9.59 Å². The van der Waals surface area contributed by atoms with Gasteiger partial charge in [0.2, 0.25) is 11.8 Å². The van der Waals surface area contributed by atoms with Crippen LogP contribution in [0.25, 0.3) is 0 Å². The van der Waals surface area contributed by atoms with E-state index in [1.54, 1.807) is 6.07 Å². The minimum atomic E-state index is -1.03. The number of aromatic carboxylic acids is 1. The van der Waals surface area contributed by atoms with E-state index in [1.165, 1.54) is 12.1 Å². The molecule has 0 radical (unpaired) electrons. The highest BCUT2D eigenvalue weighted by Gasteiger charge is 2.38. The summed E-state index contributed by atoms with van der Waals surface area (Å²) in [6, 6.07) is 4.92. The largest absolute Gasteiger partial charge is 0.478 e. The fourth-order valence-corrected chi connectivity index (χ4v) is 3.60. The number of anilines is 1. The number of aryl methyl sites for hydroxylation is 1. The summed E-state index contributed by atoms with van der Waals surface area (Å²) in [6.07, 6.45) is 4.58. The van der Waals surface area contributed by atoms with Crippen molar-refractivity contribution in [2.75, 3.05) is 11.9 Å². The zero-order valence-electron chi connectivity index (χ0n) is 13.7. The number of nitrogens with zero attached hydrogens (tertiary/aromatic N) is 1. The molecule has 1 saturated heterocycles. The Hall–Kier alpha value is -2.37. The van der Waals surface area contributed by atoms with Gasteiger partial charge >= 0.3 is 5.97 Å². The van der Waals surface area contributed by atoms with Crippen LogP contribution in [-0.4, -0.2) is 40.4 Å². The number of hydrogen-bond donors (Lipinski definition) is 2. The van der Waals surface area contributed by atoms with Gasteiger partial charge in [0.05, 0.1) is 11.5 Å². The Morgan fingerprint density at radius 1 is 1.25 bits per heavy atom. The highest BCUT2D eigenvalue weighted by Crippen LogP contribution is 2.30. The summed E-state index contributed by atoms with van der Waals surface area (Å²) in [4.78, 5) is 37.7. The van der Waals surface area contributed by atoms with E-state index < -0.39 is 5.97 Å². The highest BCUT2D eigenvalue weighted by molar-refractivity contribution is 5.99. The molecule has 1 aromatic rings. The molecule has 2 amide bonds. The molecular weight excluding hydrogens is 308 g/mol. The third-order valence-electron chi connectivity index (χ3n) is 5.04. The highest BCUT2D eigenvalue weighted by atomic mass is 16.4. The van der Waals surface area contributed by atoms with Crippen LogP contribution in [0.5, 0.6) is 0 Å². The van der Waals surface area contributed by atoms with Gasteiger partial charge in [0, 0.05) is 24.7 Å². The molecule has 2 fully saturated rings. The Bertz CT molecular complexity index is 680. The van der Waals surface area contributed by atoms with Crippen LogP contribution in [0.1, 0.15) is 48.0 Å². The molecule has 6 nitrogen and oxygen atoms in total. The fourth-order valence-electron chi connectivity index (χ4n) is 3.60. The molecule has 3 rings (SSSR count). The second-order valence-electron chi connectivity index (χ2n) is 6.71. The Labute approximate surface area is 140 Å². The van der Waals surface area contributed by atoms with Gasteiger partial charge in [-0.15, -0.1) is 0 Å². The van der Waals surface area contributed by atoms with E-state index in [9.17, 15) is 14.4 Å². The van der Waals surface area contributed by atoms with Crippen molar-refractivity contribution in [2.24, 2.45) is 5.92 Å². The zero-order chi connectivity index (χ0) is 17.3. The number of likely N-dealkylation sites (tertiary alicyclic amines) is 1. The summed E-state index contributed by atoms with van der Waals surface area (Å²) in [5, 5.41) is 11.9. The average Bonchev–Trinajstić information content (AvgIpc) is 3.18. The summed E-state index contributed by atoms with van der Waals surface area (Å²) < 4.78 is 0. The van der Waals surface area contributed by atoms with Crippen LogP contribution in [0.3, 0.4) is 0 Å². The van der Waals surface area contributed by atoms with Crippen molar-refractivity contribution >= 4 is 23.5 Å². The lowest BCUT2D eigenvalue weighted by Crippen LogP contribution is -2.35. The van der Waals surface area contributed by atoms with Crippen LogP contribution in [0, 0.1) is 12.8 Å². The summed E-state index contributed by atoms with van der Waals surface area (Å²) in [5.41, 5.74) is 1.42. The SMILES string of the molecule is Cc1ccc(C(=O)O)cc1NC(=O)C1CC(=O)N(C2CCCC2)C1. The number of amides is 2. The van der Waals surface area contributed by atoms with Crippen LogP contribution in [0.2, 0.25) is 0 Å². The molecular formula is C18H22N2O4. The van der Waals surface area contributed by atoms with Crippen molar-refractivity contribution in [3.8, 4) is 0 Å². The summed E-state index contributed by atoms with van der Waals surface area (Å²) >= 11 is 0. The number of carboxylic acid groups (broad SMARTS) is 1. The van der Waals surface area contributed by atoms with Gasteiger partial charge in [-0.25, -0.2) is 4.79 Å². The fraction of sp³-hybridized carbons (Fsp3) is 0.500. The van der Waals surface area contributed by atoms with Crippen molar-refractivity contribution in [3.05, 3.63) is 29.3 Å². The first-order valence-electron chi connectivity index (χ1n) is 8.40. The number of carbonyl (C=O) groups excluding carboxylic acids is 2. The molecule has 1 atom stereocenters. The lowest BCUT2D eigenvalue weighted by atomic mass is 10.1. The molecule has 2 aliphatic rings. The molecule has 6 heteroatoms. The van der Waals surface area contributed by atoms with E-state index >= 15 is 0 Å². The van der Waals surface area contributed by atoms with Crippen LogP contribution in [0.15, 0.2) is 18.2 Å². The van der Waals surface area contributed by atoms with E-state index in [1.807, 2.05) is 11.8 Å². The number of carboxylic acids is 1. The summed E-state index contributed by atoms with van der Waals surface area (Å²) in [5.74, 6) is -1.56. The molecule has 1 aliphatic carbocycles. The zero-order valence-corrected chi connectivity index (χ0v) is 13.7. The first-order valence-corrected chi connectivity index (χ1v) is 8.40. The quantitative estimate of drug-likeness (QED) is 0.887. The third kappa shape index (κ3) is 3.27. The number of benzene rings is 1. The van der Waals surface area contributed by atoms with Crippen molar-refractivity contribution in [1.82, 2.24) is 4.90 Å². The smallest absolute Gasteiger partial charge is 0.335 e. The van der Waals surface area contributed by atoms with Gasteiger partial charge in [0.15, 0.2) is 0 Å².